The minimum Gasteiger partial charge on any atom is -0.256 e. The number of hydrogen-bond acceptors (Lipinski definition) is 6. The van der Waals surface area contributed by atoms with Crippen LogP contribution in [0.15, 0.2) is 195 Å². The van der Waals surface area contributed by atoms with Gasteiger partial charge in [-0.3, -0.25) is 19.9 Å². The van der Waals surface area contributed by atoms with Crippen LogP contribution >= 0.6 is 22.7 Å². The largest absolute Gasteiger partial charge is 0.380 e. The van der Waals surface area contributed by atoms with E-state index in [9.17, 15) is 0 Å². The molecular weight excluding hydrogens is 991 g/mol. The van der Waals surface area contributed by atoms with E-state index in [2.05, 4.69) is 0 Å². The van der Waals surface area contributed by atoms with E-state index in [1.54, 1.807) is 24.8 Å². The van der Waals surface area contributed by atoms with E-state index >= 15 is 26.3 Å². The number of nitrogens with zero attached hydrogens (tertiary/aromatic N) is 4. The lowest BCUT2D eigenvalue weighted by atomic mass is 9.93. The molecular formula is C63H38F6N4S2. The van der Waals surface area contributed by atoms with E-state index in [0.717, 1.165) is 111 Å². The first-order valence-corrected chi connectivity index (χ1v) is 25.7. The van der Waals surface area contributed by atoms with Gasteiger partial charge in [-0.15, -0.1) is 22.7 Å². The van der Waals surface area contributed by atoms with Crippen LogP contribution in [0.5, 0.6) is 0 Å². The third-order valence-electron chi connectivity index (χ3n) is 14.2. The van der Waals surface area contributed by atoms with Crippen LogP contribution in [0.1, 0.15) is 20.9 Å². The fourth-order valence-corrected chi connectivity index (χ4v) is 12.3. The highest BCUT2D eigenvalue weighted by molar-refractivity contribution is 7.16. The van der Waals surface area contributed by atoms with E-state index in [1.165, 1.54) is 26.0 Å². The standard InChI is InChI=1S/C63H38F6N4S2/c1-35-51(29-57(74-35)45-25-41(47-19-37-11-3-7-15-53(37)70-31-47)23-42(26-45)48-20-38-12-4-8-16-54(38)71-32-48)59-60(62(66,67)63(68,69)61(59,64)65)52-30-58(75-36(52)2)46-27-43(49-21-39-13-5-9-17-55(39)72-33-49)24-44(28-46)50-22-40-14-6-10-18-56(40)73-34-50/h3-34H,1-2H3. The summed E-state index contributed by atoms with van der Waals surface area (Å²) < 4.78 is 99.4. The lowest BCUT2D eigenvalue weighted by Crippen LogP contribution is -2.48. The van der Waals surface area contributed by atoms with Gasteiger partial charge < -0.3 is 0 Å². The van der Waals surface area contributed by atoms with Crippen LogP contribution in [0.25, 0.3) is 120 Å². The molecule has 6 aromatic heterocycles. The Hall–Kier alpha value is -8.32. The Morgan fingerprint density at radius 3 is 0.880 bits per heavy atom. The molecule has 0 radical (unpaired) electrons. The highest BCUT2D eigenvalue weighted by Crippen LogP contribution is 2.66. The number of thiophene rings is 2. The summed E-state index contributed by atoms with van der Waals surface area (Å²) >= 11 is 2.15. The Morgan fingerprint density at radius 1 is 0.320 bits per heavy atom. The second kappa shape index (κ2) is 17.4. The van der Waals surface area contributed by atoms with Gasteiger partial charge in [0.25, 0.3) is 0 Å². The second-order valence-electron chi connectivity index (χ2n) is 18.9. The van der Waals surface area contributed by atoms with Crippen molar-refractivity contribution >= 4 is 77.4 Å². The van der Waals surface area contributed by atoms with Crippen LogP contribution in [0.3, 0.4) is 0 Å². The van der Waals surface area contributed by atoms with Gasteiger partial charge in [0.1, 0.15) is 0 Å². The number of halogens is 6. The summed E-state index contributed by atoms with van der Waals surface area (Å²) in [6, 6.07) is 53.0. The number of aryl methyl sites for hydroxylation is 2. The first-order chi connectivity index (χ1) is 36.2. The Kier molecular flexibility index (Phi) is 10.8. The molecule has 13 rings (SSSR count). The van der Waals surface area contributed by atoms with E-state index in [0.29, 0.717) is 20.9 Å². The summed E-state index contributed by atoms with van der Waals surface area (Å²) in [5.41, 5.74) is 6.87. The molecule has 1 aliphatic rings. The topological polar surface area (TPSA) is 51.6 Å². The van der Waals surface area contributed by atoms with Gasteiger partial charge in [-0.2, -0.15) is 26.3 Å². The maximum atomic E-state index is 16.8. The predicted octanol–water partition coefficient (Wildman–Crippen LogP) is 18.5. The van der Waals surface area contributed by atoms with Crippen molar-refractivity contribution in [3.8, 4) is 65.4 Å². The van der Waals surface area contributed by atoms with Gasteiger partial charge in [-0.1, -0.05) is 72.8 Å². The van der Waals surface area contributed by atoms with Gasteiger partial charge in [-0.05, 0) is 155 Å². The number of allylic oxidation sites excluding steroid dienone is 2. The molecule has 1 aliphatic carbocycles. The van der Waals surface area contributed by atoms with Crippen LogP contribution in [0.4, 0.5) is 26.3 Å². The number of alkyl halides is 6. The fourth-order valence-electron chi connectivity index (χ4n) is 10.3. The van der Waals surface area contributed by atoms with E-state index in [4.69, 9.17) is 19.9 Å². The van der Waals surface area contributed by atoms with Crippen LogP contribution in [0.2, 0.25) is 0 Å². The molecule has 364 valence electrons. The maximum absolute atomic E-state index is 16.8. The highest BCUT2D eigenvalue weighted by Gasteiger charge is 2.80. The molecule has 0 unspecified atom stereocenters. The van der Waals surface area contributed by atoms with Gasteiger partial charge in [-0.25, -0.2) is 0 Å². The number of fused-ring (bicyclic) bond motifs is 4. The zero-order valence-electron chi connectivity index (χ0n) is 39.8. The summed E-state index contributed by atoms with van der Waals surface area (Å²) in [5, 5.41) is 3.60. The quantitative estimate of drug-likeness (QED) is 0.142. The van der Waals surface area contributed by atoms with Gasteiger partial charge in [0.2, 0.25) is 0 Å². The van der Waals surface area contributed by atoms with E-state index < -0.39 is 28.9 Å². The molecule has 0 saturated heterocycles. The summed E-state index contributed by atoms with van der Waals surface area (Å²) in [6.45, 7) is 3.01. The normalized spacial score (nSPS) is 14.9. The Balaban J connectivity index is 0.971. The molecule has 0 fully saturated rings. The van der Waals surface area contributed by atoms with Crippen LogP contribution < -0.4 is 0 Å². The molecule has 0 atom stereocenters. The molecule has 4 nitrogen and oxygen atoms in total. The molecule has 0 amide bonds. The number of benzene rings is 6. The molecule has 75 heavy (non-hydrogen) atoms. The lowest BCUT2D eigenvalue weighted by Gasteiger charge is -2.25. The van der Waals surface area contributed by atoms with Crippen molar-refractivity contribution < 1.29 is 26.3 Å². The molecule has 0 N–H and O–H groups in total. The number of aromatic nitrogens is 4. The Bertz CT molecular complexity index is 3880. The van der Waals surface area contributed by atoms with Crippen molar-refractivity contribution in [2.45, 2.75) is 31.6 Å². The Labute approximate surface area is 434 Å². The molecule has 12 heteroatoms. The average Bonchev–Trinajstić information content (AvgIpc) is 4.10. The number of para-hydroxylation sites is 4. The first-order valence-electron chi connectivity index (χ1n) is 24.0. The highest BCUT2D eigenvalue weighted by atomic mass is 32.1. The molecule has 0 bridgehead atoms. The molecule has 6 aromatic carbocycles. The third-order valence-corrected chi connectivity index (χ3v) is 16.4. The van der Waals surface area contributed by atoms with Crippen molar-refractivity contribution in [1.29, 1.82) is 0 Å². The van der Waals surface area contributed by atoms with Crippen molar-refractivity contribution in [2.75, 3.05) is 0 Å². The zero-order valence-corrected chi connectivity index (χ0v) is 41.5. The summed E-state index contributed by atoms with van der Waals surface area (Å²) in [5.74, 6) is -16.3. The Morgan fingerprint density at radius 2 is 0.587 bits per heavy atom. The maximum Gasteiger partial charge on any atom is 0.380 e. The predicted molar refractivity (Wildman–Crippen MR) is 294 cm³/mol. The van der Waals surface area contributed by atoms with Gasteiger partial charge in [0.15, 0.2) is 0 Å². The molecule has 12 aromatic rings. The van der Waals surface area contributed by atoms with Gasteiger partial charge in [0.05, 0.1) is 22.1 Å². The van der Waals surface area contributed by atoms with E-state index in [-0.39, 0.29) is 20.9 Å². The molecule has 0 saturated carbocycles. The summed E-state index contributed by atoms with van der Waals surface area (Å²) in [6.07, 6.45) is 7.02. The van der Waals surface area contributed by atoms with Crippen molar-refractivity contribution in [2.24, 2.45) is 0 Å². The van der Waals surface area contributed by atoms with Crippen molar-refractivity contribution in [3.05, 3.63) is 216 Å². The molecule has 0 aliphatic heterocycles. The summed E-state index contributed by atoms with van der Waals surface area (Å²) in [4.78, 5) is 20.0. The molecule has 6 heterocycles. The van der Waals surface area contributed by atoms with Gasteiger partial charge >= 0.3 is 17.8 Å². The van der Waals surface area contributed by atoms with Crippen LogP contribution in [-0.4, -0.2) is 37.7 Å². The zero-order chi connectivity index (χ0) is 51.4. The van der Waals surface area contributed by atoms with Gasteiger partial charge in [0, 0.05) is 99.2 Å². The fraction of sp³-hybridized carbons (Fsp3) is 0.0794. The second-order valence-corrected chi connectivity index (χ2v) is 21.4. The number of pyridine rings is 4. The average molecular weight is 1030 g/mol. The first kappa shape index (κ1) is 46.5. The van der Waals surface area contributed by atoms with Crippen LogP contribution in [-0.2, 0) is 0 Å². The summed E-state index contributed by atoms with van der Waals surface area (Å²) in [7, 11) is 0. The van der Waals surface area contributed by atoms with E-state index in [1.807, 2.05) is 158 Å². The minimum absolute atomic E-state index is 0.177. The monoisotopic (exact) mass is 1030 g/mol. The lowest BCUT2D eigenvalue weighted by molar-refractivity contribution is -0.254. The number of hydrogen-bond donors (Lipinski definition) is 0. The molecule has 0 spiro atoms. The smallest absolute Gasteiger partial charge is 0.256 e. The van der Waals surface area contributed by atoms with Crippen molar-refractivity contribution in [3.63, 3.8) is 0 Å². The van der Waals surface area contributed by atoms with Crippen molar-refractivity contribution in [1.82, 2.24) is 19.9 Å². The minimum atomic E-state index is -5.76. The third kappa shape index (κ3) is 7.73. The van der Waals surface area contributed by atoms with Crippen LogP contribution in [0, 0.1) is 13.8 Å². The SMILES string of the molecule is Cc1sc(-c2cc(-c3cnc4ccccc4c3)cc(-c3cnc4ccccc4c3)c2)cc1C1=C(c2cc(-c3cc(-c4cnc5ccccc5c4)cc(-c4cnc5ccccc5c4)c3)sc2C)C(F)(F)C(F)(F)C1(F)F. The number of rotatable bonds is 8.